The molecule has 7 aromatic rings. The molecule has 0 fully saturated rings. The number of hydrogen-bond donors (Lipinski definition) is 0. The molecule has 0 N–H and O–H groups in total. The van der Waals surface area contributed by atoms with Gasteiger partial charge < -0.3 is 0 Å². The fraction of sp³-hybridized carbons (Fsp3) is 0.149. The molecule has 0 spiro atoms. The molecule has 0 aliphatic heterocycles. The Hall–Kier alpha value is -4.98. The van der Waals surface area contributed by atoms with Gasteiger partial charge in [0.25, 0.3) is 0 Å². The van der Waals surface area contributed by atoms with Crippen molar-refractivity contribution < 1.29 is 0 Å². The summed E-state index contributed by atoms with van der Waals surface area (Å²) in [5, 5.41) is 8.23. The van der Waals surface area contributed by atoms with E-state index in [1.165, 1.54) is 117 Å². The van der Waals surface area contributed by atoms with E-state index in [2.05, 4.69) is 140 Å². The molecule has 2 atom stereocenters. The van der Waals surface area contributed by atoms with E-state index in [-0.39, 0.29) is 11.3 Å². The maximum Gasteiger partial charge on any atom is 0.0358 e. The summed E-state index contributed by atoms with van der Waals surface area (Å²) >= 11 is 1.94. The third-order valence-electron chi connectivity index (χ3n) is 12.0. The molecule has 0 bridgehead atoms. The lowest BCUT2D eigenvalue weighted by atomic mass is 9.61. The quantitative estimate of drug-likeness (QED) is 0.170. The van der Waals surface area contributed by atoms with E-state index in [1.54, 1.807) is 5.56 Å². The van der Waals surface area contributed by atoms with Crippen LogP contribution in [0, 0.1) is 5.41 Å². The Morgan fingerprint density at radius 2 is 1.23 bits per heavy atom. The summed E-state index contributed by atoms with van der Waals surface area (Å²) in [4.78, 5) is 0. The molecule has 0 amide bonds. The summed E-state index contributed by atoms with van der Waals surface area (Å²) in [5.41, 5.74) is 14.1. The number of rotatable bonds is 3. The molecule has 4 aliphatic carbocycles. The third kappa shape index (κ3) is 3.66. The van der Waals surface area contributed by atoms with Crippen LogP contribution >= 0.6 is 11.3 Å². The molecule has 11 rings (SSSR count). The molecule has 4 aliphatic rings. The molecule has 228 valence electrons. The van der Waals surface area contributed by atoms with Crippen molar-refractivity contribution in [2.24, 2.45) is 5.41 Å². The van der Waals surface area contributed by atoms with Crippen LogP contribution in [0.25, 0.3) is 58.4 Å². The van der Waals surface area contributed by atoms with Crippen molar-refractivity contribution in [3.8, 4) is 11.1 Å². The molecule has 2 unspecified atom stereocenters. The van der Waals surface area contributed by atoms with Crippen LogP contribution in [0.1, 0.15) is 46.2 Å². The molecular formula is C47H34S. The number of fused-ring (bicyclic) bond motifs is 8. The second-order valence-corrected chi connectivity index (χ2v) is 15.5. The van der Waals surface area contributed by atoms with Gasteiger partial charge >= 0.3 is 0 Å². The Morgan fingerprint density at radius 3 is 1.96 bits per heavy atom. The highest BCUT2D eigenvalue weighted by Gasteiger charge is 2.40. The van der Waals surface area contributed by atoms with Crippen molar-refractivity contribution in [2.45, 2.75) is 38.5 Å². The lowest BCUT2D eigenvalue weighted by Crippen LogP contribution is -2.29. The van der Waals surface area contributed by atoms with E-state index in [9.17, 15) is 0 Å². The topological polar surface area (TPSA) is 0 Å². The first-order chi connectivity index (χ1) is 23.6. The SMILES string of the molecule is CC12C=CC=CC1=C(c1ccc3sc4cc5c(cc4c3c1)CC5)C=CC2c1c2ccccc2c(-c2ccc3c(c2)CC3)c2ccccc12. The fourth-order valence-electron chi connectivity index (χ4n) is 9.25. The zero-order valence-electron chi connectivity index (χ0n) is 27.0. The van der Waals surface area contributed by atoms with Gasteiger partial charge in [0.05, 0.1) is 0 Å². The Balaban J connectivity index is 1.12. The second kappa shape index (κ2) is 9.78. The zero-order valence-corrected chi connectivity index (χ0v) is 27.8. The predicted molar refractivity (Wildman–Crippen MR) is 206 cm³/mol. The smallest absolute Gasteiger partial charge is 0.0358 e. The van der Waals surface area contributed by atoms with Crippen molar-refractivity contribution in [3.63, 3.8) is 0 Å². The maximum atomic E-state index is 2.51. The van der Waals surface area contributed by atoms with Crippen LogP contribution in [-0.4, -0.2) is 0 Å². The van der Waals surface area contributed by atoms with Gasteiger partial charge in [-0.2, -0.15) is 0 Å². The molecule has 6 aromatic carbocycles. The summed E-state index contributed by atoms with van der Waals surface area (Å²) in [5.74, 6) is 0.183. The van der Waals surface area contributed by atoms with Crippen molar-refractivity contribution in [3.05, 3.63) is 172 Å². The van der Waals surface area contributed by atoms with Crippen molar-refractivity contribution in [2.75, 3.05) is 0 Å². The first kappa shape index (κ1) is 27.0. The molecule has 1 heterocycles. The predicted octanol–water partition coefficient (Wildman–Crippen LogP) is 12.5. The summed E-state index contributed by atoms with van der Waals surface area (Å²) < 4.78 is 2.81. The molecule has 0 saturated heterocycles. The molecule has 0 nitrogen and oxygen atoms in total. The van der Waals surface area contributed by atoms with Crippen LogP contribution in [0.3, 0.4) is 0 Å². The van der Waals surface area contributed by atoms with Crippen LogP contribution in [0.4, 0.5) is 0 Å². The first-order valence-electron chi connectivity index (χ1n) is 17.5. The van der Waals surface area contributed by atoms with E-state index in [1.807, 2.05) is 11.3 Å². The van der Waals surface area contributed by atoms with Crippen LogP contribution in [-0.2, 0) is 25.7 Å². The lowest BCUT2D eigenvalue weighted by molar-refractivity contribution is 0.466. The van der Waals surface area contributed by atoms with Gasteiger partial charge in [-0.25, -0.2) is 0 Å². The molecule has 0 radical (unpaired) electrons. The number of aryl methyl sites for hydroxylation is 4. The molecular weight excluding hydrogens is 597 g/mol. The van der Waals surface area contributed by atoms with E-state index in [0.717, 1.165) is 0 Å². The molecule has 48 heavy (non-hydrogen) atoms. The van der Waals surface area contributed by atoms with E-state index in [4.69, 9.17) is 0 Å². The molecule has 1 aromatic heterocycles. The van der Waals surface area contributed by atoms with Gasteiger partial charge in [-0.3, -0.25) is 0 Å². The van der Waals surface area contributed by atoms with Crippen molar-refractivity contribution >= 4 is 58.6 Å². The van der Waals surface area contributed by atoms with Gasteiger partial charge in [-0.15, -0.1) is 11.3 Å². The highest BCUT2D eigenvalue weighted by molar-refractivity contribution is 7.25. The van der Waals surface area contributed by atoms with Crippen LogP contribution < -0.4 is 0 Å². The monoisotopic (exact) mass is 630 g/mol. The van der Waals surface area contributed by atoms with Gasteiger partial charge in [-0.1, -0.05) is 116 Å². The minimum atomic E-state index is -0.198. The Kier molecular flexibility index (Phi) is 5.51. The zero-order chi connectivity index (χ0) is 31.6. The normalized spacial score (nSPS) is 20.6. The van der Waals surface area contributed by atoms with Crippen molar-refractivity contribution in [1.29, 1.82) is 0 Å². The second-order valence-electron chi connectivity index (χ2n) is 14.5. The number of hydrogen-bond acceptors (Lipinski definition) is 1. The van der Waals surface area contributed by atoms with E-state index < -0.39 is 0 Å². The molecule has 0 saturated carbocycles. The van der Waals surface area contributed by atoms with Gasteiger partial charge in [0.15, 0.2) is 0 Å². The number of benzene rings is 6. The Bertz CT molecular complexity index is 2630. The average molecular weight is 631 g/mol. The van der Waals surface area contributed by atoms with Crippen LogP contribution in [0.2, 0.25) is 0 Å². The summed E-state index contributed by atoms with van der Waals surface area (Å²) in [6, 6.07) is 37.6. The largest absolute Gasteiger partial charge is 0.135 e. The van der Waals surface area contributed by atoms with Crippen LogP contribution in [0.15, 0.2) is 139 Å². The highest BCUT2D eigenvalue weighted by atomic mass is 32.1. The highest BCUT2D eigenvalue weighted by Crippen LogP contribution is 2.56. The number of allylic oxidation sites excluding steroid dienone is 8. The summed E-state index contributed by atoms with van der Waals surface area (Å²) in [6.07, 6.45) is 19.1. The minimum absolute atomic E-state index is 0.183. The Labute approximate surface area is 285 Å². The summed E-state index contributed by atoms with van der Waals surface area (Å²) in [6.45, 7) is 2.46. The van der Waals surface area contributed by atoms with E-state index in [0.29, 0.717) is 0 Å². The first-order valence-corrected chi connectivity index (χ1v) is 18.3. The lowest BCUT2D eigenvalue weighted by Gasteiger charge is -2.41. The van der Waals surface area contributed by atoms with Gasteiger partial charge in [-0.05, 0) is 127 Å². The van der Waals surface area contributed by atoms with Gasteiger partial charge in [0, 0.05) is 31.5 Å². The summed E-state index contributed by atoms with van der Waals surface area (Å²) in [7, 11) is 0. The fourth-order valence-corrected chi connectivity index (χ4v) is 10.4. The van der Waals surface area contributed by atoms with Crippen molar-refractivity contribution in [1.82, 2.24) is 0 Å². The molecule has 1 heteroatoms. The van der Waals surface area contributed by atoms with E-state index >= 15 is 0 Å². The Morgan fingerprint density at radius 1 is 0.562 bits per heavy atom. The minimum Gasteiger partial charge on any atom is -0.135 e. The standard InChI is InChI=1S/C47H34S/c1-47-23-7-6-12-41(47)34(32-19-22-43-39(26-32)40-25-30-16-17-31(30)27-44(40)48-43)20-21-42(47)46-37-10-4-2-8-35(37)45(36-9-3-5-11-38(36)46)33-18-14-28-13-15-29(28)24-33/h2-12,14,18-27,42H,13,15-17H2,1H3. The number of thiophene rings is 1. The third-order valence-corrected chi connectivity index (χ3v) is 13.1. The average Bonchev–Trinajstić information content (AvgIpc) is 3.45. The van der Waals surface area contributed by atoms with Gasteiger partial charge in [0.2, 0.25) is 0 Å². The van der Waals surface area contributed by atoms with Crippen LogP contribution in [0.5, 0.6) is 0 Å². The van der Waals surface area contributed by atoms with Gasteiger partial charge in [0.1, 0.15) is 0 Å². The maximum absolute atomic E-state index is 2.51.